The van der Waals surface area contributed by atoms with E-state index < -0.39 is 5.97 Å². The van der Waals surface area contributed by atoms with Crippen LogP contribution in [0.15, 0.2) is 5.38 Å². The van der Waals surface area contributed by atoms with Crippen molar-refractivity contribution in [2.45, 2.75) is 26.7 Å². The number of thiazole rings is 1. The molecule has 5 nitrogen and oxygen atoms in total. The molecule has 2 rings (SSSR count). The molecule has 0 bridgehead atoms. The standard InChI is InChI=1S/C13H18N2O3S/c1-3-15(7-9-5-6-9)12(16)10-8-19-11(14-10)13(17)18-4-2/h8-9H,3-7H2,1-2H3. The molecule has 1 fully saturated rings. The summed E-state index contributed by atoms with van der Waals surface area (Å²) in [6.07, 6.45) is 2.41. The highest BCUT2D eigenvalue weighted by Gasteiger charge is 2.27. The van der Waals surface area contributed by atoms with Crippen LogP contribution in [0.25, 0.3) is 0 Å². The van der Waals surface area contributed by atoms with Gasteiger partial charge >= 0.3 is 5.97 Å². The molecule has 0 saturated heterocycles. The van der Waals surface area contributed by atoms with Crippen molar-refractivity contribution in [1.29, 1.82) is 0 Å². The van der Waals surface area contributed by atoms with Gasteiger partial charge in [0.25, 0.3) is 5.91 Å². The van der Waals surface area contributed by atoms with Gasteiger partial charge in [-0.1, -0.05) is 0 Å². The molecule has 0 aliphatic heterocycles. The molecule has 1 aliphatic carbocycles. The Labute approximate surface area is 116 Å². The lowest BCUT2D eigenvalue weighted by Gasteiger charge is -2.19. The number of carbonyl (C=O) groups is 2. The van der Waals surface area contributed by atoms with Crippen molar-refractivity contribution >= 4 is 23.2 Å². The lowest BCUT2D eigenvalue weighted by atomic mass is 10.3. The Bertz CT molecular complexity index is 468. The average molecular weight is 282 g/mol. The molecule has 19 heavy (non-hydrogen) atoms. The van der Waals surface area contributed by atoms with E-state index in [0.29, 0.717) is 24.8 Å². The SMILES string of the molecule is CCOC(=O)c1nc(C(=O)N(CC)CC2CC2)cs1. The molecule has 0 radical (unpaired) electrons. The molecule has 1 aromatic heterocycles. The maximum atomic E-state index is 12.3. The molecule has 1 aromatic rings. The Balaban J connectivity index is 2.03. The fourth-order valence-corrected chi connectivity index (χ4v) is 2.47. The van der Waals surface area contributed by atoms with Gasteiger partial charge in [0.05, 0.1) is 6.61 Å². The van der Waals surface area contributed by atoms with Crippen molar-refractivity contribution in [3.63, 3.8) is 0 Å². The minimum absolute atomic E-state index is 0.0961. The van der Waals surface area contributed by atoms with E-state index in [9.17, 15) is 9.59 Å². The number of carbonyl (C=O) groups excluding carboxylic acids is 2. The predicted octanol–water partition coefficient (Wildman–Crippen LogP) is 2.19. The van der Waals surface area contributed by atoms with Gasteiger partial charge in [0.1, 0.15) is 5.69 Å². The van der Waals surface area contributed by atoms with Gasteiger partial charge in [-0.05, 0) is 32.6 Å². The first-order valence-corrected chi connectivity index (χ1v) is 7.45. The van der Waals surface area contributed by atoms with E-state index in [1.54, 1.807) is 17.2 Å². The van der Waals surface area contributed by atoms with Crippen LogP contribution < -0.4 is 0 Å². The molecular formula is C13H18N2O3S. The second-order valence-electron chi connectivity index (χ2n) is 4.55. The quantitative estimate of drug-likeness (QED) is 0.750. The van der Waals surface area contributed by atoms with Gasteiger partial charge in [-0.15, -0.1) is 11.3 Å². The van der Waals surface area contributed by atoms with Gasteiger partial charge in [0.2, 0.25) is 5.01 Å². The molecule has 1 amide bonds. The second kappa shape index (κ2) is 6.14. The zero-order chi connectivity index (χ0) is 13.8. The predicted molar refractivity (Wildman–Crippen MR) is 72.4 cm³/mol. The third-order valence-corrected chi connectivity index (χ3v) is 3.84. The first-order chi connectivity index (χ1) is 9.15. The van der Waals surface area contributed by atoms with Crippen molar-refractivity contribution in [3.8, 4) is 0 Å². The average Bonchev–Trinajstić information content (AvgIpc) is 3.08. The summed E-state index contributed by atoms with van der Waals surface area (Å²) < 4.78 is 4.87. The van der Waals surface area contributed by atoms with E-state index in [2.05, 4.69) is 4.98 Å². The monoisotopic (exact) mass is 282 g/mol. The molecule has 0 spiro atoms. The van der Waals surface area contributed by atoms with E-state index in [-0.39, 0.29) is 10.9 Å². The highest BCUT2D eigenvalue weighted by molar-refractivity contribution is 7.11. The van der Waals surface area contributed by atoms with E-state index in [4.69, 9.17) is 4.74 Å². The highest BCUT2D eigenvalue weighted by Crippen LogP contribution is 2.30. The molecule has 0 atom stereocenters. The van der Waals surface area contributed by atoms with Gasteiger partial charge in [-0.25, -0.2) is 9.78 Å². The lowest BCUT2D eigenvalue weighted by Crippen LogP contribution is -2.33. The molecule has 1 heterocycles. The molecule has 0 aromatic carbocycles. The van der Waals surface area contributed by atoms with E-state index in [1.165, 1.54) is 12.8 Å². The second-order valence-corrected chi connectivity index (χ2v) is 5.40. The minimum Gasteiger partial charge on any atom is -0.461 e. The van der Waals surface area contributed by atoms with E-state index >= 15 is 0 Å². The number of hydrogen-bond acceptors (Lipinski definition) is 5. The van der Waals surface area contributed by atoms with Crippen LogP contribution >= 0.6 is 11.3 Å². The zero-order valence-electron chi connectivity index (χ0n) is 11.2. The van der Waals surface area contributed by atoms with Crippen molar-refractivity contribution in [2.24, 2.45) is 5.92 Å². The fourth-order valence-electron chi connectivity index (χ4n) is 1.79. The van der Waals surface area contributed by atoms with Crippen molar-refractivity contribution in [3.05, 3.63) is 16.1 Å². The van der Waals surface area contributed by atoms with Gasteiger partial charge < -0.3 is 9.64 Å². The maximum absolute atomic E-state index is 12.3. The Kier molecular flexibility index (Phi) is 4.52. The molecule has 0 unspecified atom stereocenters. The summed E-state index contributed by atoms with van der Waals surface area (Å²) >= 11 is 1.16. The first kappa shape index (κ1) is 14.0. The summed E-state index contributed by atoms with van der Waals surface area (Å²) in [5.41, 5.74) is 0.343. The van der Waals surface area contributed by atoms with Crippen molar-refractivity contribution in [2.75, 3.05) is 19.7 Å². The summed E-state index contributed by atoms with van der Waals surface area (Å²) in [6.45, 7) is 5.47. The number of aromatic nitrogens is 1. The highest BCUT2D eigenvalue weighted by atomic mass is 32.1. The smallest absolute Gasteiger partial charge is 0.367 e. The van der Waals surface area contributed by atoms with Crippen LogP contribution in [-0.4, -0.2) is 41.5 Å². The number of hydrogen-bond donors (Lipinski definition) is 0. The van der Waals surface area contributed by atoms with Gasteiger partial charge in [-0.3, -0.25) is 4.79 Å². The van der Waals surface area contributed by atoms with Crippen LogP contribution in [0.2, 0.25) is 0 Å². The minimum atomic E-state index is -0.461. The summed E-state index contributed by atoms with van der Waals surface area (Å²) in [6, 6.07) is 0. The summed E-state index contributed by atoms with van der Waals surface area (Å²) in [5.74, 6) is 0.0880. The van der Waals surface area contributed by atoms with Crippen LogP contribution in [0, 0.1) is 5.92 Å². The molecular weight excluding hydrogens is 264 g/mol. The Morgan fingerprint density at radius 3 is 2.79 bits per heavy atom. The van der Waals surface area contributed by atoms with Crippen LogP contribution in [-0.2, 0) is 4.74 Å². The van der Waals surface area contributed by atoms with Crippen LogP contribution in [0.4, 0.5) is 0 Å². The Hall–Kier alpha value is -1.43. The third-order valence-electron chi connectivity index (χ3n) is 3.02. The van der Waals surface area contributed by atoms with Crippen molar-refractivity contribution in [1.82, 2.24) is 9.88 Å². The molecule has 1 aliphatic rings. The summed E-state index contributed by atoms with van der Waals surface area (Å²) in [7, 11) is 0. The molecule has 104 valence electrons. The number of amides is 1. The molecule has 1 saturated carbocycles. The normalized spacial score (nSPS) is 14.2. The molecule has 6 heteroatoms. The number of ether oxygens (including phenoxy) is 1. The Morgan fingerprint density at radius 1 is 1.47 bits per heavy atom. The van der Waals surface area contributed by atoms with Crippen LogP contribution in [0.3, 0.4) is 0 Å². The Morgan fingerprint density at radius 2 is 2.21 bits per heavy atom. The number of esters is 1. The van der Waals surface area contributed by atoms with Gasteiger partial charge in [0, 0.05) is 18.5 Å². The largest absolute Gasteiger partial charge is 0.461 e. The maximum Gasteiger partial charge on any atom is 0.367 e. The number of nitrogens with zero attached hydrogens (tertiary/aromatic N) is 2. The van der Waals surface area contributed by atoms with Gasteiger partial charge in [-0.2, -0.15) is 0 Å². The van der Waals surface area contributed by atoms with Crippen LogP contribution in [0.5, 0.6) is 0 Å². The zero-order valence-corrected chi connectivity index (χ0v) is 12.0. The third kappa shape index (κ3) is 3.53. The van der Waals surface area contributed by atoms with Crippen molar-refractivity contribution < 1.29 is 14.3 Å². The summed E-state index contributed by atoms with van der Waals surface area (Å²) in [4.78, 5) is 29.6. The number of rotatable bonds is 6. The van der Waals surface area contributed by atoms with Gasteiger partial charge in [0.15, 0.2) is 0 Å². The van der Waals surface area contributed by atoms with E-state index in [1.807, 2.05) is 6.92 Å². The first-order valence-electron chi connectivity index (χ1n) is 6.57. The lowest BCUT2D eigenvalue weighted by molar-refractivity contribution is 0.0526. The molecule has 0 N–H and O–H groups in total. The fraction of sp³-hybridized carbons (Fsp3) is 0.615. The van der Waals surface area contributed by atoms with Crippen LogP contribution in [0.1, 0.15) is 47.0 Å². The van der Waals surface area contributed by atoms with E-state index in [0.717, 1.165) is 17.9 Å². The topological polar surface area (TPSA) is 59.5 Å². The summed E-state index contributed by atoms with van der Waals surface area (Å²) in [5, 5.41) is 1.87.